The molecule has 0 bridgehead atoms. The van der Waals surface area contributed by atoms with Gasteiger partial charge in [-0.25, -0.2) is 13.1 Å². The Morgan fingerprint density at radius 3 is 2.44 bits per heavy atom. The molecule has 2 N–H and O–H groups in total. The molecular weight excluding hydrogens is 230 g/mol. The molecular formula is C10H13NO4S. The van der Waals surface area contributed by atoms with Crippen LogP contribution in [-0.2, 0) is 14.8 Å². The van der Waals surface area contributed by atoms with Crippen LogP contribution in [0, 0.1) is 0 Å². The van der Waals surface area contributed by atoms with Gasteiger partial charge in [-0.3, -0.25) is 4.79 Å². The Morgan fingerprint density at radius 1 is 1.38 bits per heavy atom. The average molecular weight is 243 g/mol. The SMILES string of the molecule is CC(CC(=O)O)NS(=O)(=O)c1ccccc1. The first-order valence-electron chi connectivity index (χ1n) is 4.71. The Morgan fingerprint density at radius 2 is 1.94 bits per heavy atom. The average Bonchev–Trinajstić information content (AvgIpc) is 2.16. The number of hydrogen-bond acceptors (Lipinski definition) is 3. The third kappa shape index (κ3) is 3.63. The van der Waals surface area contributed by atoms with Gasteiger partial charge in [0.25, 0.3) is 0 Å². The summed E-state index contributed by atoms with van der Waals surface area (Å²) < 4.78 is 25.7. The number of carboxylic acids is 1. The monoisotopic (exact) mass is 243 g/mol. The zero-order valence-corrected chi connectivity index (χ0v) is 9.57. The molecule has 0 aliphatic heterocycles. The number of hydrogen-bond donors (Lipinski definition) is 2. The van der Waals surface area contributed by atoms with E-state index >= 15 is 0 Å². The van der Waals surface area contributed by atoms with Crippen LogP contribution in [-0.4, -0.2) is 25.5 Å². The highest BCUT2D eigenvalue weighted by atomic mass is 32.2. The molecule has 0 radical (unpaired) electrons. The second kappa shape index (κ2) is 5.09. The largest absolute Gasteiger partial charge is 0.481 e. The smallest absolute Gasteiger partial charge is 0.304 e. The van der Waals surface area contributed by atoms with Crippen molar-refractivity contribution in [3.8, 4) is 0 Å². The number of carboxylic acid groups (broad SMARTS) is 1. The molecule has 0 heterocycles. The van der Waals surface area contributed by atoms with Crippen molar-refractivity contribution >= 4 is 16.0 Å². The van der Waals surface area contributed by atoms with Gasteiger partial charge in [-0.05, 0) is 19.1 Å². The number of sulfonamides is 1. The molecule has 0 aliphatic rings. The molecule has 0 spiro atoms. The fourth-order valence-electron chi connectivity index (χ4n) is 1.24. The second-order valence-corrected chi connectivity index (χ2v) is 5.15. The summed E-state index contributed by atoms with van der Waals surface area (Å²) in [6, 6.07) is 7.20. The van der Waals surface area contributed by atoms with Crippen LogP contribution in [0.2, 0.25) is 0 Å². The van der Waals surface area contributed by atoms with Crippen LogP contribution in [0.5, 0.6) is 0 Å². The Labute approximate surface area is 94.2 Å². The minimum Gasteiger partial charge on any atom is -0.481 e. The van der Waals surface area contributed by atoms with Crippen molar-refractivity contribution in [3.63, 3.8) is 0 Å². The van der Waals surface area contributed by atoms with Crippen molar-refractivity contribution in [2.75, 3.05) is 0 Å². The molecule has 16 heavy (non-hydrogen) atoms. The summed E-state index contributed by atoms with van der Waals surface area (Å²) in [6.07, 6.45) is -0.244. The first-order chi connectivity index (χ1) is 7.42. The number of carbonyl (C=O) groups is 1. The quantitative estimate of drug-likeness (QED) is 0.802. The summed E-state index contributed by atoms with van der Waals surface area (Å²) in [7, 11) is -3.62. The number of nitrogens with one attached hydrogen (secondary N) is 1. The highest BCUT2D eigenvalue weighted by molar-refractivity contribution is 7.89. The normalized spacial score (nSPS) is 13.3. The van der Waals surface area contributed by atoms with Gasteiger partial charge in [0, 0.05) is 6.04 Å². The summed E-state index contributed by atoms with van der Waals surface area (Å²) in [6.45, 7) is 1.51. The van der Waals surface area contributed by atoms with Crippen LogP contribution in [0.3, 0.4) is 0 Å². The van der Waals surface area contributed by atoms with E-state index < -0.39 is 22.0 Å². The fraction of sp³-hybridized carbons (Fsp3) is 0.300. The summed E-state index contributed by atoms with van der Waals surface area (Å²) in [5, 5.41) is 8.52. The molecule has 6 heteroatoms. The lowest BCUT2D eigenvalue weighted by Gasteiger charge is -2.11. The minimum atomic E-state index is -3.62. The predicted molar refractivity (Wildman–Crippen MR) is 58.5 cm³/mol. The number of rotatable bonds is 5. The van der Waals surface area contributed by atoms with E-state index in [1.165, 1.54) is 19.1 Å². The van der Waals surface area contributed by atoms with Gasteiger partial charge in [0.1, 0.15) is 0 Å². The maximum Gasteiger partial charge on any atom is 0.304 e. The van der Waals surface area contributed by atoms with Gasteiger partial charge < -0.3 is 5.11 Å². The molecule has 0 amide bonds. The van der Waals surface area contributed by atoms with E-state index in [4.69, 9.17) is 5.11 Å². The predicted octanol–water partition coefficient (Wildman–Crippen LogP) is 0.828. The molecule has 0 aliphatic carbocycles. The van der Waals surface area contributed by atoms with Crippen LogP contribution in [0.4, 0.5) is 0 Å². The van der Waals surface area contributed by atoms with E-state index in [0.717, 1.165) is 0 Å². The van der Waals surface area contributed by atoms with E-state index in [0.29, 0.717) is 0 Å². The highest BCUT2D eigenvalue weighted by Crippen LogP contribution is 2.08. The van der Waals surface area contributed by atoms with Crippen molar-refractivity contribution in [1.29, 1.82) is 0 Å². The van der Waals surface area contributed by atoms with Gasteiger partial charge in [-0.2, -0.15) is 0 Å². The van der Waals surface area contributed by atoms with Gasteiger partial charge in [-0.1, -0.05) is 18.2 Å². The Balaban J connectivity index is 2.77. The Bertz CT molecular complexity index is 455. The molecule has 5 nitrogen and oxygen atoms in total. The molecule has 0 fully saturated rings. The van der Waals surface area contributed by atoms with Gasteiger partial charge in [-0.15, -0.1) is 0 Å². The standard InChI is InChI=1S/C10H13NO4S/c1-8(7-10(12)13)11-16(14,15)9-5-3-2-4-6-9/h2-6,8,11H,7H2,1H3,(H,12,13). The zero-order valence-electron chi connectivity index (χ0n) is 8.75. The number of aliphatic carboxylic acids is 1. The van der Waals surface area contributed by atoms with Crippen LogP contribution >= 0.6 is 0 Å². The van der Waals surface area contributed by atoms with Crippen LogP contribution < -0.4 is 4.72 Å². The molecule has 88 valence electrons. The molecule has 0 saturated carbocycles. The molecule has 1 rings (SSSR count). The number of benzene rings is 1. The lowest BCUT2D eigenvalue weighted by molar-refractivity contribution is -0.137. The summed E-state index contributed by atoms with van der Waals surface area (Å²) >= 11 is 0. The van der Waals surface area contributed by atoms with Crippen LogP contribution in [0.1, 0.15) is 13.3 Å². The third-order valence-corrected chi connectivity index (χ3v) is 3.50. The van der Waals surface area contributed by atoms with Crippen molar-refractivity contribution < 1.29 is 18.3 Å². The van der Waals surface area contributed by atoms with Crippen molar-refractivity contribution in [1.82, 2.24) is 4.72 Å². The second-order valence-electron chi connectivity index (χ2n) is 3.43. The van der Waals surface area contributed by atoms with Crippen molar-refractivity contribution in [2.45, 2.75) is 24.3 Å². The van der Waals surface area contributed by atoms with Gasteiger partial charge in [0.15, 0.2) is 0 Å². The van der Waals surface area contributed by atoms with E-state index in [-0.39, 0.29) is 11.3 Å². The van der Waals surface area contributed by atoms with Crippen molar-refractivity contribution in [3.05, 3.63) is 30.3 Å². The minimum absolute atomic E-state index is 0.132. The molecule has 1 atom stereocenters. The maximum atomic E-state index is 11.7. The topological polar surface area (TPSA) is 83.5 Å². The van der Waals surface area contributed by atoms with Crippen LogP contribution in [0.25, 0.3) is 0 Å². The van der Waals surface area contributed by atoms with Gasteiger partial charge >= 0.3 is 5.97 Å². The molecule has 1 aromatic rings. The van der Waals surface area contributed by atoms with Gasteiger partial charge in [0.05, 0.1) is 11.3 Å². The lowest BCUT2D eigenvalue weighted by atomic mass is 10.3. The first kappa shape index (κ1) is 12.7. The Hall–Kier alpha value is -1.40. The van der Waals surface area contributed by atoms with E-state index in [9.17, 15) is 13.2 Å². The zero-order chi connectivity index (χ0) is 12.2. The summed E-state index contributed by atoms with van der Waals surface area (Å²) in [5.41, 5.74) is 0. The Kier molecular flexibility index (Phi) is 4.03. The summed E-state index contributed by atoms with van der Waals surface area (Å²) in [4.78, 5) is 10.5. The highest BCUT2D eigenvalue weighted by Gasteiger charge is 2.18. The molecule has 0 saturated heterocycles. The third-order valence-electron chi connectivity index (χ3n) is 1.89. The van der Waals surface area contributed by atoms with E-state index in [2.05, 4.69) is 4.72 Å². The first-order valence-corrected chi connectivity index (χ1v) is 6.19. The molecule has 0 aromatic heterocycles. The van der Waals surface area contributed by atoms with Crippen LogP contribution in [0.15, 0.2) is 35.2 Å². The fourth-order valence-corrected chi connectivity index (χ4v) is 2.50. The maximum absolute atomic E-state index is 11.7. The summed E-state index contributed by atoms with van der Waals surface area (Å²) in [5.74, 6) is -1.04. The molecule has 1 aromatic carbocycles. The van der Waals surface area contributed by atoms with Crippen molar-refractivity contribution in [2.24, 2.45) is 0 Å². The van der Waals surface area contributed by atoms with E-state index in [1.807, 2.05) is 0 Å². The lowest BCUT2D eigenvalue weighted by Crippen LogP contribution is -2.34. The van der Waals surface area contributed by atoms with E-state index in [1.54, 1.807) is 18.2 Å². The van der Waals surface area contributed by atoms with Gasteiger partial charge in [0.2, 0.25) is 10.0 Å². The molecule has 1 unspecified atom stereocenters.